The Kier molecular flexibility index (Phi) is 6.46. The first-order valence-corrected chi connectivity index (χ1v) is 10.3. The fraction of sp³-hybridized carbons (Fsp3) is 0.316. The molecule has 1 aromatic carbocycles. The lowest BCUT2D eigenvalue weighted by Crippen LogP contribution is -2.33. The van der Waals surface area contributed by atoms with E-state index in [0.717, 1.165) is 23.7 Å². The molecule has 136 valence electrons. The van der Waals surface area contributed by atoms with E-state index in [-0.39, 0.29) is 17.2 Å². The number of aryl methyl sites for hydroxylation is 2. The molecule has 7 heteroatoms. The highest BCUT2D eigenvalue weighted by Crippen LogP contribution is 2.23. The minimum atomic E-state index is -0.245. The number of carbonyl (C=O) groups is 1. The summed E-state index contributed by atoms with van der Waals surface area (Å²) in [5, 5.41) is 13.9. The van der Waals surface area contributed by atoms with Gasteiger partial charge in [-0.15, -0.1) is 21.5 Å². The highest BCUT2D eigenvalue weighted by Gasteiger charge is 2.20. The van der Waals surface area contributed by atoms with Crippen LogP contribution in [0.4, 0.5) is 0 Å². The molecule has 3 rings (SSSR count). The Bertz CT molecular complexity index is 817. The van der Waals surface area contributed by atoms with Crippen LogP contribution >= 0.6 is 23.1 Å². The van der Waals surface area contributed by atoms with Crippen LogP contribution in [0, 0.1) is 0 Å². The monoisotopic (exact) mass is 386 g/mol. The predicted octanol–water partition coefficient (Wildman–Crippen LogP) is 3.94. The van der Waals surface area contributed by atoms with E-state index in [1.165, 1.54) is 16.6 Å². The summed E-state index contributed by atoms with van der Waals surface area (Å²) in [6, 6.07) is 14.1. The number of hydrogen-bond acceptors (Lipinski definition) is 5. The molecule has 2 atom stereocenters. The number of benzene rings is 1. The molecule has 3 aromatic rings. The van der Waals surface area contributed by atoms with Crippen molar-refractivity contribution >= 4 is 29.0 Å². The average molecular weight is 387 g/mol. The molecule has 5 nitrogen and oxygen atoms in total. The number of rotatable bonds is 8. The molecule has 0 radical (unpaired) electrons. The van der Waals surface area contributed by atoms with Gasteiger partial charge in [0, 0.05) is 11.4 Å². The third-order valence-electron chi connectivity index (χ3n) is 4.07. The number of nitrogens with zero attached hydrogens (tertiary/aromatic N) is 3. The summed E-state index contributed by atoms with van der Waals surface area (Å²) >= 11 is 3.19. The van der Waals surface area contributed by atoms with Crippen molar-refractivity contribution in [1.29, 1.82) is 0 Å². The first-order chi connectivity index (χ1) is 12.6. The van der Waals surface area contributed by atoms with E-state index in [0.29, 0.717) is 0 Å². The molecule has 0 saturated heterocycles. The molecule has 0 saturated carbocycles. The summed E-state index contributed by atoms with van der Waals surface area (Å²) in [4.78, 5) is 13.9. The summed E-state index contributed by atoms with van der Waals surface area (Å²) in [5.74, 6) is -0.000778. The second kappa shape index (κ2) is 9.00. The summed E-state index contributed by atoms with van der Waals surface area (Å²) in [5.41, 5.74) is 1.09. The Balaban J connectivity index is 1.55. The zero-order valence-electron chi connectivity index (χ0n) is 14.8. The maximum absolute atomic E-state index is 12.5. The van der Waals surface area contributed by atoms with Crippen LogP contribution in [-0.4, -0.2) is 25.9 Å². The maximum Gasteiger partial charge on any atom is 0.233 e. The van der Waals surface area contributed by atoms with Crippen LogP contribution in [0.2, 0.25) is 0 Å². The van der Waals surface area contributed by atoms with Gasteiger partial charge in [0.25, 0.3) is 0 Å². The molecule has 2 aromatic heterocycles. The maximum atomic E-state index is 12.5. The fourth-order valence-electron chi connectivity index (χ4n) is 2.54. The van der Waals surface area contributed by atoms with Gasteiger partial charge in [0.15, 0.2) is 5.16 Å². The highest BCUT2D eigenvalue weighted by molar-refractivity contribution is 8.00. The summed E-state index contributed by atoms with van der Waals surface area (Å²) < 4.78 is 2.01. The summed E-state index contributed by atoms with van der Waals surface area (Å²) in [7, 11) is 0. The lowest BCUT2D eigenvalue weighted by atomic mass is 10.1. The molecule has 0 aliphatic carbocycles. The van der Waals surface area contributed by atoms with E-state index in [2.05, 4.69) is 33.0 Å². The van der Waals surface area contributed by atoms with Crippen molar-refractivity contribution < 1.29 is 4.79 Å². The normalized spacial score (nSPS) is 13.3. The van der Waals surface area contributed by atoms with E-state index < -0.39 is 0 Å². The second-order valence-electron chi connectivity index (χ2n) is 6.04. The van der Waals surface area contributed by atoms with E-state index in [1.54, 1.807) is 17.7 Å². The van der Waals surface area contributed by atoms with Crippen LogP contribution < -0.4 is 5.32 Å². The van der Waals surface area contributed by atoms with E-state index in [9.17, 15) is 4.79 Å². The van der Waals surface area contributed by atoms with Crippen molar-refractivity contribution in [3.63, 3.8) is 0 Å². The van der Waals surface area contributed by atoms with E-state index >= 15 is 0 Å². The van der Waals surface area contributed by atoms with Gasteiger partial charge in [0.1, 0.15) is 6.33 Å². The standard InChI is InChI=1S/C19H22N4OS2/c1-14(16-7-4-3-5-8-16)21-18(24)15(2)26-19-22-20-13-23(19)11-10-17-9-6-12-25-17/h3-9,12-15H,10-11H2,1-2H3,(H,21,24). The lowest BCUT2D eigenvalue weighted by Gasteiger charge is -2.17. The van der Waals surface area contributed by atoms with Crippen LogP contribution in [0.5, 0.6) is 0 Å². The number of thiophene rings is 1. The summed E-state index contributed by atoms with van der Waals surface area (Å²) in [6.07, 6.45) is 2.67. The minimum Gasteiger partial charge on any atom is -0.349 e. The van der Waals surface area contributed by atoms with Crippen LogP contribution in [0.1, 0.15) is 30.3 Å². The Morgan fingerprint density at radius 3 is 2.77 bits per heavy atom. The van der Waals surface area contributed by atoms with Crippen molar-refractivity contribution in [2.45, 2.75) is 43.3 Å². The van der Waals surface area contributed by atoms with Crippen LogP contribution in [-0.2, 0) is 17.8 Å². The third-order valence-corrected chi connectivity index (χ3v) is 6.10. The molecule has 0 spiro atoms. The Morgan fingerprint density at radius 2 is 2.04 bits per heavy atom. The van der Waals surface area contributed by atoms with Gasteiger partial charge in [-0.05, 0) is 37.3 Å². The van der Waals surface area contributed by atoms with Gasteiger partial charge in [-0.3, -0.25) is 4.79 Å². The van der Waals surface area contributed by atoms with Gasteiger partial charge in [-0.1, -0.05) is 48.2 Å². The van der Waals surface area contributed by atoms with Crippen LogP contribution in [0.3, 0.4) is 0 Å². The first-order valence-electron chi connectivity index (χ1n) is 8.55. The molecular weight excluding hydrogens is 364 g/mol. The first kappa shape index (κ1) is 18.7. The van der Waals surface area contributed by atoms with Crippen molar-refractivity contribution in [2.24, 2.45) is 0 Å². The third kappa shape index (κ3) is 4.95. The van der Waals surface area contributed by atoms with Crippen molar-refractivity contribution in [1.82, 2.24) is 20.1 Å². The van der Waals surface area contributed by atoms with Gasteiger partial charge in [-0.2, -0.15) is 0 Å². The summed E-state index contributed by atoms with van der Waals surface area (Å²) in [6.45, 7) is 4.70. The van der Waals surface area contributed by atoms with Crippen LogP contribution in [0.25, 0.3) is 0 Å². The Labute approximate surface area is 161 Å². The highest BCUT2D eigenvalue weighted by atomic mass is 32.2. The Hall–Kier alpha value is -2.12. The van der Waals surface area contributed by atoms with Gasteiger partial charge >= 0.3 is 0 Å². The average Bonchev–Trinajstić information content (AvgIpc) is 3.32. The molecule has 0 aliphatic heterocycles. The van der Waals surface area contributed by atoms with E-state index in [1.807, 2.05) is 48.7 Å². The molecule has 2 heterocycles. The molecule has 2 unspecified atom stereocenters. The van der Waals surface area contributed by atoms with Crippen molar-refractivity contribution in [3.05, 3.63) is 64.6 Å². The molecule has 0 bridgehead atoms. The quantitative estimate of drug-likeness (QED) is 0.596. The van der Waals surface area contributed by atoms with Gasteiger partial charge in [0.2, 0.25) is 5.91 Å². The van der Waals surface area contributed by atoms with Gasteiger partial charge < -0.3 is 9.88 Å². The fourth-order valence-corrected chi connectivity index (χ4v) is 4.10. The zero-order chi connectivity index (χ0) is 18.4. The molecule has 26 heavy (non-hydrogen) atoms. The number of aromatic nitrogens is 3. The van der Waals surface area contributed by atoms with Crippen LogP contribution in [0.15, 0.2) is 59.3 Å². The minimum absolute atomic E-state index is 0.000778. The SMILES string of the molecule is CC(Sc1nncn1CCc1cccs1)C(=O)NC(C)c1ccccc1. The lowest BCUT2D eigenvalue weighted by molar-refractivity contribution is -0.120. The molecular formula is C19H22N4OS2. The second-order valence-corrected chi connectivity index (χ2v) is 8.38. The number of hydrogen-bond donors (Lipinski definition) is 1. The zero-order valence-corrected chi connectivity index (χ0v) is 16.5. The predicted molar refractivity (Wildman–Crippen MR) is 106 cm³/mol. The number of thioether (sulfide) groups is 1. The van der Waals surface area contributed by atoms with Gasteiger partial charge in [0.05, 0.1) is 11.3 Å². The molecule has 0 aliphatic rings. The molecule has 1 N–H and O–H groups in total. The van der Waals surface area contributed by atoms with Crippen molar-refractivity contribution in [3.8, 4) is 0 Å². The van der Waals surface area contributed by atoms with Gasteiger partial charge in [-0.25, -0.2) is 0 Å². The Morgan fingerprint density at radius 1 is 1.23 bits per heavy atom. The number of nitrogens with one attached hydrogen (secondary N) is 1. The molecule has 1 amide bonds. The largest absolute Gasteiger partial charge is 0.349 e. The smallest absolute Gasteiger partial charge is 0.233 e. The molecule has 0 fully saturated rings. The van der Waals surface area contributed by atoms with Crippen molar-refractivity contribution in [2.75, 3.05) is 0 Å². The van der Waals surface area contributed by atoms with E-state index in [4.69, 9.17) is 0 Å². The topological polar surface area (TPSA) is 59.8 Å². The number of carbonyl (C=O) groups excluding carboxylic acids is 1. The number of amides is 1.